The van der Waals surface area contributed by atoms with E-state index < -0.39 is 0 Å². The monoisotopic (exact) mass is 420 g/mol. The number of carbonyl (C=O) groups excluding carboxylic acids is 1. The second-order valence-electron chi connectivity index (χ2n) is 6.31. The van der Waals surface area contributed by atoms with Crippen LogP contribution in [0, 0.1) is 0 Å². The summed E-state index contributed by atoms with van der Waals surface area (Å²) < 4.78 is 10.7. The molecular weight excluding hydrogens is 404 g/mol. The third kappa shape index (κ3) is 3.75. The molecule has 0 bridgehead atoms. The first-order valence-electron chi connectivity index (χ1n) is 8.99. The van der Waals surface area contributed by atoms with Crippen LogP contribution >= 0.6 is 11.6 Å². The molecule has 8 heteroatoms. The molecule has 0 amide bonds. The van der Waals surface area contributed by atoms with E-state index in [1.165, 1.54) is 6.33 Å². The van der Waals surface area contributed by atoms with E-state index in [-0.39, 0.29) is 5.78 Å². The number of methoxy groups -OCH3 is 2. The standard InChI is InChI=1S/C22H17ClN4O3/c1-29-19-10-15-18(11-20(19)30-2)25-12-26-22(15)27-13-6-7-14(16(23)9-13)21(28)17-5-3-4-8-24-17/h3-12H,1-2H3,(H,25,26,27). The molecule has 2 aromatic heterocycles. The molecular formula is C22H17ClN4O3. The van der Waals surface area contributed by atoms with Gasteiger partial charge in [0.1, 0.15) is 17.8 Å². The van der Waals surface area contributed by atoms with Crippen molar-refractivity contribution in [1.29, 1.82) is 0 Å². The number of rotatable bonds is 6. The van der Waals surface area contributed by atoms with Crippen LogP contribution in [0.2, 0.25) is 5.02 Å². The maximum Gasteiger partial charge on any atom is 0.212 e. The molecule has 4 aromatic rings. The lowest BCUT2D eigenvalue weighted by Gasteiger charge is -2.13. The summed E-state index contributed by atoms with van der Waals surface area (Å²) in [5.74, 6) is 1.48. The average Bonchev–Trinajstić information content (AvgIpc) is 2.78. The highest BCUT2D eigenvalue weighted by Gasteiger charge is 2.15. The first kappa shape index (κ1) is 19.6. The summed E-state index contributed by atoms with van der Waals surface area (Å²) in [4.78, 5) is 25.3. The fourth-order valence-electron chi connectivity index (χ4n) is 3.03. The normalized spacial score (nSPS) is 10.6. The zero-order valence-corrected chi connectivity index (χ0v) is 17.0. The van der Waals surface area contributed by atoms with Crippen molar-refractivity contribution in [3.05, 3.63) is 77.3 Å². The molecule has 0 aliphatic heterocycles. The molecule has 7 nitrogen and oxygen atoms in total. The fraction of sp³-hybridized carbons (Fsp3) is 0.0909. The van der Waals surface area contributed by atoms with Crippen LogP contribution in [-0.4, -0.2) is 35.0 Å². The zero-order chi connectivity index (χ0) is 21.1. The van der Waals surface area contributed by atoms with Gasteiger partial charge in [0.25, 0.3) is 0 Å². The van der Waals surface area contributed by atoms with Crippen molar-refractivity contribution in [2.45, 2.75) is 0 Å². The van der Waals surface area contributed by atoms with Gasteiger partial charge >= 0.3 is 0 Å². The van der Waals surface area contributed by atoms with Crippen molar-refractivity contribution >= 4 is 39.8 Å². The van der Waals surface area contributed by atoms with Crippen LogP contribution in [-0.2, 0) is 0 Å². The van der Waals surface area contributed by atoms with E-state index in [4.69, 9.17) is 21.1 Å². The Morgan fingerprint density at radius 3 is 2.47 bits per heavy atom. The van der Waals surface area contributed by atoms with Crippen molar-refractivity contribution in [3.63, 3.8) is 0 Å². The maximum atomic E-state index is 12.6. The molecule has 0 spiro atoms. The molecule has 0 aliphatic carbocycles. The maximum absolute atomic E-state index is 12.6. The fourth-order valence-corrected chi connectivity index (χ4v) is 3.30. The third-order valence-electron chi connectivity index (χ3n) is 4.51. The minimum absolute atomic E-state index is 0.239. The second kappa shape index (κ2) is 8.34. The van der Waals surface area contributed by atoms with Gasteiger partial charge in [0.15, 0.2) is 11.5 Å². The molecule has 4 rings (SSSR count). The van der Waals surface area contributed by atoms with Gasteiger partial charge in [-0.15, -0.1) is 0 Å². The Labute approximate surface area is 177 Å². The molecule has 0 fully saturated rings. The first-order valence-corrected chi connectivity index (χ1v) is 9.37. The van der Waals surface area contributed by atoms with Crippen molar-refractivity contribution in [2.24, 2.45) is 0 Å². The van der Waals surface area contributed by atoms with Crippen molar-refractivity contribution in [2.75, 3.05) is 19.5 Å². The number of pyridine rings is 1. The van der Waals surface area contributed by atoms with Gasteiger partial charge in [-0.3, -0.25) is 9.78 Å². The highest BCUT2D eigenvalue weighted by molar-refractivity contribution is 6.35. The topological polar surface area (TPSA) is 86.2 Å². The molecule has 0 atom stereocenters. The summed E-state index contributed by atoms with van der Waals surface area (Å²) in [6.45, 7) is 0. The van der Waals surface area contributed by atoms with Crippen molar-refractivity contribution < 1.29 is 14.3 Å². The van der Waals surface area contributed by atoms with Gasteiger partial charge in [0.05, 0.1) is 24.8 Å². The van der Waals surface area contributed by atoms with Crippen LogP contribution < -0.4 is 14.8 Å². The van der Waals surface area contributed by atoms with Gasteiger partial charge in [-0.25, -0.2) is 9.97 Å². The predicted molar refractivity (Wildman–Crippen MR) is 115 cm³/mol. The number of benzene rings is 2. The highest BCUT2D eigenvalue weighted by atomic mass is 35.5. The zero-order valence-electron chi connectivity index (χ0n) is 16.2. The molecule has 1 N–H and O–H groups in total. The highest BCUT2D eigenvalue weighted by Crippen LogP contribution is 2.35. The Balaban J connectivity index is 1.67. The summed E-state index contributed by atoms with van der Waals surface area (Å²) in [7, 11) is 3.14. The Kier molecular flexibility index (Phi) is 5.45. The van der Waals surface area contributed by atoms with Gasteiger partial charge < -0.3 is 14.8 Å². The number of carbonyl (C=O) groups is 1. The van der Waals surface area contributed by atoms with E-state index in [1.54, 1.807) is 68.9 Å². The number of hydrogen-bond donors (Lipinski definition) is 1. The smallest absolute Gasteiger partial charge is 0.212 e. The lowest BCUT2D eigenvalue weighted by atomic mass is 10.1. The first-order chi connectivity index (χ1) is 14.6. The lowest BCUT2D eigenvalue weighted by molar-refractivity contribution is 0.103. The molecule has 0 unspecified atom stereocenters. The Morgan fingerprint density at radius 2 is 1.77 bits per heavy atom. The number of anilines is 2. The van der Waals surface area contributed by atoms with Crippen molar-refractivity contribution in [3.8, 4) is 11.5 Å². The lowest BCUT2D eigenvalue weighted by Crippen LogP contribution is -2.05. The van der Waals surface area contributed by atoms with E-state index >= 15 is 0 Å². The van der Waals surface area contributed by atoms with Gasteiger partial charge in [-0.2, -0.15) is 0 Å². The quantitative estimate of drug-likeness (QED) is 0.453. The second-order valence-corrected chi connectivity index (χ2v) is 6.72. The van der Waals surface area contributed by atoms with Crippen LogP contribution in [0.25, 0.3) is 10.9 Å². The van der Waals surface area contributed by atoms with E-state index in [2.05, 4.69) is 20.3 Å². The van der Waals surface area contributed by atoms with E-state index in [0.29, 0.717) is 44.8 Å². The van der Waals surface area contributed by atoms with Crippen LogP contribution in [0.15, 0.2) is 61.1 Å². The third-order valence-corrected chi connectivity index (χ3v) is 4.83. The molecule has 150 valence electrons. The van der Waals surface area contributed by atoms with Crippen LogP contribution in [0.3, 0.4) is 0 Å². The number of hydrogen-bond acceptors (Lipinski definition) is 7. The number of halogens is 1. The van der Waals surface area contributed by atoms with Gasteiger partial charge in [0.2, 0.25) is 5.78 Å². The van der Waals surface area contributed by atoms with Crippen LogP contribution in [0.1, 0.15) is 16.1 Å². The number of nitrogens with zero attached hydrogens (tertiary/aromatic N) is 3. The Hall–Kier alpha value is -3.71. The summed E-state index contributed by atoms with van der Waals surface area (Å²) >= 11 is 6.39. The summed E-state index contributed by atoms with van der Waals surface area (Å²) in [5.41, 5.74) is 2.08. The van der Waals surface area contributed by atoms with Gasteiger partial charge in [-0.05, 0) is 36.4 Å². The largest absolute Gasteiger partial charge is 0.493 e. The van der Waals surface area contributed by atoms with E-state index in [9.17, 15) is 4.79 Å². The van der Waals surface area contributed by atoms with Gasteiger partial charge in [-0.1, -0.05) is 17.7 Å². The number of ketones is 1. The van der Waals surface area contributed by atoms with E-state index in [0.717, 1.165) is 5.39 Å². The number of ether oxygens (including phenoxy) is 2. The molecule has 0 saturated carbocycles. The minimum Gasteiger partial charge on any atom is -0.493 e. The summed E-state index contributed by atoms with van der Waals surface area (Å²) in [5, 5.41) is 4.29. The Bertz CT molecular complexity index is 1230. The van der Waals surface area contributed by atoms with Crippen LogP contribution in [0.4, 0.5) is 11.5 Å². The van der Waals surface area contributed by atoms with E-state index in [1.807, 2.05) is 0 Å². The summed E-state index contributed by atoms with van der Waals surface area (Å²) in [6.07, 6.45) is 3.03. The molecule has 2 heterocycles. The Morgan fingerprint density at radius 1 is 0.967 bits per heavy atom. The van der Waals surface area contributed by atoms with Gasteiger partial charge in [0, 0.05) is 28.9 Å². The molecule has 30 heavy (non-hydrogen) atoms. The van der Waals surface area contributed by atoms with Crippen LogP contribution in [0.5, 0.6) is 11.5 Å². The summed E-state index contributed by atoms with van der Waals surface area (Å²) in [6, 6.07) is 13.8. The average molecular weight is 421 g/mol. The molecule has 0 aliphatic rings. The number of nitrogens with one attached hydrogen (secondary N) is 1. The molecule has 0 radical (unpaired) electrons. The molecule has 2 aromatic carbocycles. The predicted octanol–water partition coefficient (Wildman–Crippen LogP) is 4.67. The number of aromatic nitrogens is 3. The number of fused-ring (bicyclic) bond motifs is 1. The molecule has 0 saturated heterocycles. The SMILES string of the molecule is COc1cc2ncnc(Nc3ccc(C(=O)c4ccccn4)c(Cl)c3)c2cc1OC. The van der Waals surface area contributed by atoms with Crippen molar-refractivity contribution in [1.82, 2.24) is 15.0 Å². The minimum atomic E-state index is -0.239.